The smallest absolute Gasteiger partial charge is 0.197 e. The Labute approximate surface area is 222 Å². The Hall–Kier alpha value is -4.81. The summed E-state index contributed by atoms with van der Waals surface area (Å²) in [5.41, 5.74) is 4.50. The Kier molecular flexibility index (Phi) is 5.09. The zero-order valence-electron chi connectivity index (χ0n) is 20.3. The Morgan fingerprint density at radius 3 is 2.05 bits per heavy atom. The van der Waals surface area contributed by atoms with Crippen LogP contribution in [0.2, 0.25) is 0 Å². The van der Waals surface area contributed by atoms with Crippen LogP contribution in [0.1, 0.15) is 26.4 Å². The quantitative estimate of drug-likeness (QED) is 0.183. The molecule has 38 heavy (non-hydrogen) atoms. The van der Waals surface area contributed by atoms with Crippen LogP contribution in [0.5, 0.6) is 5.75 Å². The third-order valence-electron chi connectivity index (χ3n) is 6.89. The molecule has 0 N–H and O–H groups in total. The first-order chi connectivity index (χ1) is 18.6. The maximum atomic E-state index is 13.4. The molecule has 7 rings (SSSR count). The number of fused-ring (bicyclic) bond motifs is 3. The average Bonchev–Trinajstić information content (AvgIpc) is 3.59. The van der Waals surface area contributed by atoms with Crippen molar-refractivity contribution in [2.75, 3.05) is 7.11 Å². The summed E-state index contributed by atoms with van der Waals surface area (Å²) >= 11 is 1.57. The molecule has 0 bridgehead atoms. The lowest BCUT2D eigenvalue weighted by Crippen LogP contribution is -2.03. The molecule has 0 radical (unpaired) electrons. The fourth-order valence-corrected chi connectivity index (χ4v) is 6.00. The van der Waals surface area contributed by atoms with Crippen LogP contribution in [0, 0.1) is 0 Å². The Bertz CT molecular complexity index is 1870. The molecule has 0 amide bonds. The maximum absolute atomic E-state index is 13.4. The lowest BCUT2D eigenvalue weighted by Gasteiger charge is -2.08. The average molecular weight is 513 g/mol. The summed E-state index contributed by atoms with van der Waals surface area (Å²) in [7, 11) is 1.65. The van der Waals surface area contributed by atoms with Crippen LogP contribution in [-0.4, -0.2) is 28.2 Å². The van der Waals surface area contributed by atoms with Crippen LogP contribution in [0.15, 0.2) is 103 Å². The number of aromatic nitrogens is 2. The van der Waals surface area contributed by atoms with Gasteiger partial charge in [0, 0.05) is 22.4 Å². The number of carbonyl (C=O) groups is 2. The minimum atomic E-state index is -0.244. The highest BCUT2D eigenvalue weighted by Crippen LogP contribution is 2.37. The van der Waals surface area contributed by atoms with Crippen molar-refractivity contribution in [3.8, 4) is 22.0 Å². The van der Waals surface area contributed by atoms with Crippen molar-refractivity contribution >= 4 is 50.1 Å². The standard InChI is InChI=1S/C32H20N2O3S/c1-37-24-13-11-19(12-14-24)32-33-31-28(38-32)18-23(34(31)22-9-3-2-4-10-22)17-27-29(35)25-15-20-7-5-6-8-21(20)16-26(25)30(27)36/h2-18H,1H3. The van der Waals surface area contributed by atoms with Gasteiger partial charge in [-0.3, -0.25) is 14.2 Å². The van der Waals surface area contributed by atoms with Crippen LogP contribution >= 0.6 is 11.3 Å². The number of nitrogens with zero attached hydrogens (tertiary/aromatic N) is 2. The number of ketones is 2. The van der Waals surface area contributed by atoms with Crippen LogP contribution < -0.4 is 4.74 Å². The molecule has 0 spiro atoms. The van der Waals surface area contributed by atoms with Crippen LogP contribution in [-0.2, 0) is 0 Å². The molecular weight excluding hydrogens is 492 g/mol. The van der Waals surface area contributed by atoms with Gasteiger partial charge in [-0.25, -0.2) is 4.98 Å². The molecule has 2 heterocycles. The zero-order chi connectivity index (χ0) is 25.8. The van der Waals surface area contributed by atoms with Crippen LogP contribution in [0.3, 0.4) is 0 Å². The molecule has 1 aliphatic carbocycles. The number of thiazole rings is 1. The molecule has 4 aromatic carbocycles. The summed E-state index contributed by atoms with van der Waals surface area (Å²) < 4.78 is 8.26. The van der Waals surface area contributed by atoms with Gasteiger partial charge in [0.25, 0.3) is 0 Å². The summed E-state index contributed by atoms with van der Waals surface area (Å²) in [4.78, 5) is 31.8. The van der Waals surface area contributed by atoms with Gasteiger partial charge in [-0.1, -0.05) is 42.5 Å². The van der Waals surface area contributed by atoms with Crippen molar-refractivity contribution in [3.63, 3.8) is 0 Å². The Morgan fingerprint density at radius 1 is 0.789 bits per heavy atom. The predicted molar refractivity (Wildman–Crippen MR) is 152 cm³/mol. The summed E-state index contributed by atoms with van der Waals surface area (Å²) in [5, 5.41) is 2.77. The molecule has 182 valence electrons. The number of methoxy groups -OCH3 is 1. The van der Waals surface area contributed by atoms with Gasteiger partial charge in [0.1, 0.15) is 10.8 Å². The molecule has 5 nitrogen and oxygen atoms in total. The molecule has 0 fully saturated rings. The molecule has 6 heteroatoms. The van der Waals surface area contributed by atoms with E-state index < -0.39 is 0 Å². The molecule has 1 aliphatic rings. The second-order valence-electron chi connectivity index (χ2n) is 9.14. The summed E-state index contributed by atoms with van der Waals surface area (Å²) in [6.07, 6.45) is 1.71. The number of carbonyl (C=O) groups excluding carboxylic acids is 2. The van der Waals surface area contributed by atoms with Crippen molar-refractivity contribution < 1.29 is 14.3 Å². The van der Waals surface area contributed by atoms with Gasteiger partial charge in [0.2, 0.25) is 0 Å². The highest BCUT2D eigenvalue weighted by Gasteiger charge is 2.34. The van der Waals surface area contributed by atoms with E-state index in [-0.39, 0.29) is 17.1 Å². The molecule has 2 aromatic heterocycles. The second-order valence-corrected chi connectivity index (χ2v) is 10.2. The fourth-order valence-electron chi connectivity index (χ4n) is 5.00. The molecule has 0 saturated carbocycles. The van der Waals surface area contributed by atoms with Gasteiger partial charge < -0.3 is 4.74 Å². The number of ether oxygens (including phenoxy) is 1. The first-order valence-corrected chi connectivity index (χ1v) is 13.0. The normalized spacial score (nSPS) is 12.9. The Balaban J connectivity index is 1.38. The molecule has 0 unspecified atom stereocenters. The lowest BCUT2D eigenvalue weighted by molar-refractivity contribution is 0.0990. The van der Waals surface area contributed by atoms with E-state index in [2.05, 4.69) is 0 Å². The zero-order valence-corrected chi connectivity index (χ0v) is 21.2. The summed E-state index contributed by atoms with van der Waals surface area (Å²) in [5.74, 6) is 0.302. The molecular formula is C32H20N2O3S. The van der Waals surface area contributed by atoms with Gasteiger partial charge in [-0.15, -0.1) is 11.3 Å². The lowest BCUT2D eigenvalue weighted by atomic mass is 10.0. The van der Waals surface area contributed by atoms with E-state index in [4.69, 9.17) is 9.72 Å². The predicted octanol–water partition coefficient (Wildman–Crippen LogP) is 7.38. The maximum Gasteiger partial charge on any atom is 0.197 e. The van der Waals surface area contributed by atoms with E-state index in [9.17, 15) is 9.59 Å². The van der Waals surface area contributed by atoms with Crippen molar-refractivity contribution in [2.24, 2.45) is 0 Å². The van der Waals surface area contributed by atoms with Crippen LogP contribution in [0.25, 0.3) is 43.5 Å². The minimum Gasteiger partial charge on any atom is -0.497 e. The number of allylic oxidation sites excluding steroid dienone is 1. The van der Waals surface area contributed by atoms with Crippen molar-refractivity contribution in [3.05, 3.63) is 119 Å². The minimum absolute atomic E-state index is 0.174. The Morgan fingerprint density at radius 2 is 1.42 bits per heavy atom. The SMILES string of the molecule is COc1ccc(-c2nc3c(cc(C=C4C(=O)c5cc6ccccc6cc5C4=O)n3-c3ccccc3)s2)cc1. The molecule has 6 aromatic rings. The van der Waals surface area contributed by atoms with Crippen molar-refractivity contribution in [1.29, 1.82) is 0 Å². The molecule has 0 aliphatic heterocycles. The van der Waals surface area contributed by atoms with Crippen molar-refractivity contribution in [2.45, 2.75) is 0 Å². The van der Waals surface area contributed by atoms with E-state index in [0.717, 1.165) is 48.8 Å². The van der Waals surface area contributed by atoms with Crippen LogP contribution in [0.4, 0.5) is 0 Å². The monoisotopic (exact) mass is 512 g/mol. The number of hydrogen-bond acceptors (Lipinski definition) is 5. The molecule has 0 saturated heterocycles. The second kappa shape index (κ2) is 8.64. The third-order valence-corrected chi connectivity index (χ3v) is 7.93. The first kappa shape index (κ1) is 22.4. The van der Waals surface area contributed by atoms with Gasteiger partial charge >= 0.3 is 0 Å². The van der Waals surface area contributed by atoms with E-state index in [0.29, 0.717) is 11.1 Å². The third kappa shape index (κ3) is 3.49. The van der Waals surface area contributed by atoms with E-state index in [1.165, 1.54) is 0 Å². The van der Waals surface area contributed by atoms with Gasteiger partial charge in [-0.2, -0.15) is 0 Å². The van der Waals surface area contributed by atoms with E-state index in [1.807, 2.05) is 102 Å². The van der Waals surface area contributed by atoms with Gasteiger partial charge in [0.15, 0.2) is 17.2 Å². The highest BCUT2D eigenvalue weighted by molar-refractivity contribution is 7.21. The number of Topliss-reactive ketones (excluding diaryl/α,β-unsaturated/α-hetero) is 2. The van der Waals surface area contributed by atoms with E-state index >= 15 is 0 Å². The first-order valence-electron chi connectivity index (χ1n) is 12.2. The highest BCUT2D eigenvalue weighted by atomic mass is 32.1. The number of hydrogen-bond donors (Lipinski definition) is 0. The summed E-state index contributed by atoms with van der Waals surface area (Å²) in [6, 6.07) is 31.1. The van der Waals surface area contributed by atoms with Gasteiger partial charge in [-0.05, 0) is 71.4 Å². The largest absolute Gasteiger partial charge is 0.497 e. The van der Waals surface area contributed by atoms with E-state index in [1.54, 1.807) is 24.5 Å². The van der Waals surface area contributed by atoms with Crippen molar-refractivity contribution in [1.82, 2.24) is 9.55 Å². The number of rotatable bonds is 4. The van der Waals surface area contributed by atoms with Gasteiger partial charge in [0.05, 0.1) is 23.1 Å². The fraction of sp³-hybridized carbons (Fsp3) is 0.0312. The topological polar surface area (TPSA) is 61.2 Å². The summed E-state index contributed by atoms with van der Waals surface area (Å²) in [6.45, 7) is 0. The number of para-hydroxylation sites is 1. The number of benzene rings is 4. The molecule has 0 atom stereocenters.